The minimum absolute atomic E-state index is 0.00482. The van der Waals surface area contributed by atoms with Crippen LogP contribution in [0.3, 0.4) is 0 Å². The molecule has 0 amide bonds. The summed E-state index contributed by atoms with van der Waals surface area (Å²) < 4.78 is 5.38. The first-order chi connectivity index (χ1) is 13.2. The third-order valence-corrected chi connectivity index (χ3v) is 4.57. The van der Waals surface area contributed by atoms with Crippen molar-refractivity contribution in [1.29, 1.82) is 0 Å². The quantitative estimate of drug-likeness (QED) is 0.561. The minimum atomic E-state index is 0.00482. The van der Waals surface area contributed by atoms with E-state index in [1.165, 1.54) is 18.5 Å². The maximum atomic E-state index is 5.38. The molecule has 7 heteroatoms. The van der Waals surface area contributed by atoms with Crippen LogP contribution in [-0.4, -0.2) is 33.9 Å². The van der Waals surface area contributed by atoms with Crippen molar-refractivity contribution in [3.8, 4) is 0 Å². The molecule has 140 valence electrons. The van der Waals surface area contributed by atoms with Gasteiger partial charge in [-0.1, -0.05) is 30.3 Å². The zero-order chi connectivity index (χ0) is 18.6. The van der Waals surface area contributed by atoms with Crippen LogP contribution in [0.4, 0.5) is 17.5 Å². The lowest BCUT2D eigenvalue weighted by molar-refractivity contribution is 0.186. The summed E-state index contributed by atoms with van der Waals surface area (Å²) in [6.45, 7) is 2.42. The highest BCUT2D eigenvalue weighted by atomic mass is 16.5. The minimum Gasteiger partial charge on any atom is -0.382 e. The molecule has 1 aliphatic carbocycles. The standard InChI is InChI=1S/C20H24N6O/c1-13-21-18(23-17(12-27-2)14-6-4-3-5-7-14)11-19(22-13)24-20-10-16(25-26-20)15-8-9-15/h3-7,10-11,15,17H,8-9,12H2,1-2H3,(H3,21,22,23,24,25,26). The first kappa shape index (κ1) is 17.5. The van der Waals surface area contributed by atoms with E-state index < -0.39 is 0 Å². The molecule has 0 spiro atoms. The van der Waals surface area contributed by atoms with E-state index in [4.69, 9.17) is 4.74 Å². The molecule has 1 unspecified atom stereocenters. The summed E-state index contributed by atoms with van der Waals surface area (Å²) in [5.74, 6) is 3.55. The van der Waals surface area contributed by atoms with Gasteiger partial charge >= 0.3 is 0 Å². The summed E-state index contributed by atoms with van der Waals surface area (Å²) in [5, 5.41) is 14.2. The predicted octanol–water partition coefficient (Wildman–Crippen LogP) is 3.93. The molecule has 1 aromatic carbocycles. The summed E-state index contributed by atoms with van der Waals surface area (Å²) in [7, 11) is 1.70. The highest BCUT2D eigenvalue weighted by molar-refractivity contribution is 5.57. The number of nitrogens with one attached hydrogen (secondary N) is 3. The van der Waals surface area contributed by atoms with Crippen molar-refractivity contribution in [3.63, 3.8) is 0 Å². The van der Waals surface area contributed by atoms with Crippen molar-refractivity contribution >= 4 is 17.5 Å². The van der Waals surface area contributed by atoms with E-state index in [2.05, 4.69) is 49.0 Å². The Hall–Kier alpha value is -2.93. The Morgan fingerprint density at radius 1 is 1.11 bits per heavy atom. The van der Waals surface area contributed by atoms with Gasteiger partial charge in [-0.3, -0.25) is 5.10 Å². The number of nitrogens with zero attached hydrogens (tertiary/aromatic N) is 3. The highest BCUT2D eigenvalue weighted by Gasteiger charge is 2.25. The Morgan fingerprint density at radius 3 is 2.63 bits per heavy atom. The fourth-order valence-corrected chi connectivity index (χ4v) is 3.09. The molecule has 0 bridgehead atoms. The second-order valence-electron chi connectivity index (χ2n) is 6.86. The van der Waals surface area contributed by atoms with Crippen molar-refractivity contribution < 1.29 is 4.74 Å². The lowest BCUT2D eigenvalue weighted by Gasteiger charge is -2.19. The van der Waals surface area contributed by atoms with Crippen LogP contribution >= 0.6 is 0 Å². The molecule has 7 nitrogen and oxygen atoms in total. The van der Waals surface area contributed by atoms with E-state index in [0.29, 0.717) is 24.2 Å². The molecule has 3 N–H and O–H groups in total. The first-order valence-corrected chi connectivity index (χ1v) is 9.19. The summed E-state index contributed by atoms with van der Waals surface area (Å²) in [5.41, 5.74) is 2.33. The summed E-state index contributed by atoms with van der Waals surface area (Å²) in [6, 6.07) is 14.2. The Morgan fingerprint density at radius 2 is 1.89 bits per heavy atom. The van der Waals surface area contributed by atoms with Gasteiger partial charge in [0.25, 0.3) is 0 Å². The number of ether oxygens (including phenoxy) is 1. The van der Waals surface area contributed by atoms with Crippen molar-refractivity contribution in [2.75, 3.05) is 24.4 Å². The van der Waals surface area contributed by atoms with Crippen LogP contribution in [0.15, 0.2) is 42.5 Å². The van der Waals surface area contributed by atoms with Crippen molar-refractivity contribution in [1.82, 2.24) is 20.2 Å². The van der Waals surface area contributed by atoms with E-state index in [1.807, 2.05) is 31.2 Å². The Bertz CT molecular complexity index is 890. The second kappa shape index (κ2) is 7.75. The summed E-state index contributed by atoms with van der Waals surface area (Å²) in [6.07, 6.45) is 2.48. The van der Waals surface area contributed by atoms with Crippen molar-refractivity contribution in [2.45, 2.75) is 31.7 Å². The Kier molecular flexibility index (Phi) is 5.02. The number of hydrogen-bond donors (Lipinski definition) is 3. The predicted molar refractivity (Wildman–Crippen MR) is 105 cm³/mol. The molecule has 27 heavy (non-hydrogen) atoms. The van der Waals surface area contributed by atoms with Crippen LogP contribution in [-0.2, 0) is 4.74 Å². The molecule has 2 aromatic heterocycles. The number of aromatic nitrogens is 4. The van der Waals surface area contributed by atoms with Gasteiger partial charge in [0.2, 0.25) is 0 Å². The second-order valence-corrected chi connectivity index (χ2v) is 6.86. The zero-order valence-corrected chi connectivity index (χ0v) is 15.6. The molecule has 2 heterocycles. The number of hydrogen-bond acceptors (Lipinski definition) is 6. The third kappa shape index (κ3) is 4.43. The van der Waals surface area contributed by atoms with E-state index in [1.54, 1.807) is 7.11 Å². The van der Waals surface area contributed by atoms with Gasteiger partial charge in [0.1, 0.15) is 17.5 Å². The van der Waals surface area contributed by atoms with Crippen molar-refractivity contribution in [2.24, 2.45) is 0 Å². The molecule has 3 aromatic rings. The van der Waals surface area contributed by atoms with E-state index >= 15 is 0 Å². The van der Waals surface area contributed by atoms with Gasteiger partial charge in [-0.15, -0.1) is 0 Å². The van der Waals surface area contributed by atoms with Crippen molar-refractivity contribution in [3.05, 3.63) is 59.5 Å². The summed E-state index contributed by atoms with van der Waals surface area (Å²) in [4.78, 5) is 9.00. The van der Waals surface area contributed by atoms with Gasteiger partial charge in [-0.25, -0.2) is 9.97 Å². The fraction of sp³-hybridized carbons (Fsp3) is 0.350. The number of rotatable bonds is 8. The lowest BCUT2D eigenvalue weighted by atomic mass is 10.1. The fourth-order valence-electron chi connectivity index (χ4n) is 3.09. The lowest BCUT2D eigenvalue weighted by Crippen LogP contribution is -2.17. The Labute approximate surface area is 158 Å². The maximum Gasteiger partial charge on any atom is 0.153 e. The Balaban J connectivity index is 1.51. The number of aryl methyl sites for hydroxylation is 1. The van der Waals surface area contributed by atoms with Crippen LogP contribution in [0, 0.1) is 6.92 Å². The number of H-pyrrole nitrogens is 1. The van der Waals surface area contributed by atoms with Gasteiger partial charge in [0, 0.05) is 30.9 Å². The van der Waals surface area contributed by atoms with Gasteiger partial charge in [-0.05, 0) is 25.3 Å². The van der Waals surface area contributed by atoms with Crippen LogP contribution in [0.2, 0.25) is 0 Å². The van der Waals surface area contributed by atoms with Crippen LogP contribution in [0.5, 0.6) is 0 Å². The van der Waals surface area contributed by atoms with Crippen LogP contribution in [0.1, 0.15) is 41.9 Å². The van der Waals surface area contributed by atoms with E-state index in [9.17, 15) is 0 Å². The molecule has 1 fully saturated rings. The normalized spacial score (nSPS) is 14.7. The first-order valence-electron chi connectivity index (χ1n) is 9.19. The maximum absolute atomic E-state index is 5.38. The van der Waals surface area contributed by atoms with Gasteiger partial charge in [0.05, 0.1) is 12.6 Å². The molecule has 0 saturated heterocycles. The topological polar surface area (TPSA) is 87.8 Å². The highest BCUT2D eigenvalue weighted by Crippen LogP contribution is 2.39. The zero-order valence-electron chi connectivity index (χ0n) is 15.6. The molecule has 1 atom stereocenters. The average Bonchev–Trinajstić information content (AvgIpc) is 3.41. The molecule has 1 saturated carbocycles. The van der Waals surface area contributed by atoms with Gasteiger partial charge in [0.15, 0.2) is 5.82 Å². The number of anilines is 3. The summed E-state index contributed by atoms with van der Waals surface area (Å²) >= 11 is 0. The number of methoxy groups -OCH3 is 1. The molecule has 1 aliphatic rings. The number of aromatic amines is 1. The molecule has 4 rings (SSSR count). The van der Waals surface area contributed by atoms with Gasteiger partial charge in [-0.2, -0.15) is 5.10 Å². The van der Waals surface area contributed by atoms with E-state index in [0.717, 1.165) is 17.2 Å². The smallest absolute Gasteiger partial charge is 0.153 e. The van der Waals surface area contributed by atoms with Gasteiger partial charge < -0.3 is 15.4 Å². The molecular weight excluding hydrogens is 340 g/mol. The van der Waals surface area contributed by atoms with Crippen LogP contribution in [0.25, 0.3) is 0 Å². The number of benzene rings is 1. The monoisotopic (exact) mass is 364 g/mol. The molecule has 0 radical (unpaired) electrons. The molecular formula is C20H24N6O. The largest absolute Gasteiger partial charge is 0.382 e. The molecule has 0 aliphatic heterocycles. The SMILES string of the molecule is COCC(Nc1cc(Nc2cc(C3CC3)[nH]n2)nc(C)n1)c1ccccc1. The van der Waals surface area contributed by atoms with Crippen LogP contribution < -0.4 is 10.6 Å². The average molecular weight is 364 g/mol. The van der Waals surface area contributed by atoms with E-state index in [-0.39, 0.29) is 6.04 Å². The third-order valence-electron chi connectivity index (χ3n) is 4.57.